The Kier molecular flexibility index (Phi) is 3.12. The van der Waals surface area contributed by atoms with Crippen LogP contribution < -0.4 is 10.7 Å². The summed E-state index contributed by atoms with van der Waals surface area (Å²) >= 11 is 3.55. The highest BCUT2D eigenvalue weighted by molar-refractivity contribution is 8.00. The van der Waals surface area contributed by atoms with Crippen molar-refractivity contribution in [1.29, 1.82) is 5.41 Å². The molecular weight excluding hydrogens is 370 g/mol. The Labute approximate surface area is 163 Å². The molecule has 0 bridgehead atoms. The molecule has 0 saturated carbocycles. The van der Waals surface area contributed by atoms with Gasteiger partial charge in [-0.15, -0.1) is 11.3 Å². The van der Waals surface area contributed by atoms with Crippen molar-refractivity contribution in [2.45, 2.75) is 9.79 Å². The number of rotatable bonds is 0. The van der Waals surface area contributed by atoms with Gasteiger partial charge in [-0.2, -0.15) is 0 Å². The number of hydrogen-bond donors (Lipinski definition) is 2. The predicted octanol–water partition coefficient (Wildman–Crippen LogP) is 6.29. The molecule has 1 aliphatic heterocycles. The number of aromatic nitrogens is 1. The molecular formula is C22H13N3S2. The molecule has 0 unspecified atom stereocenters. The fraction of sp³-hybridized carbons (Fsp3) is 0. The number of anilines is 2. The van der Waals surface area contributed by atoms with Gasteiger partial charge in [0.15, 0.2) is 0 Å². The van der Waals surface area contributed by atoms with Gasteiger partial charge in [-0.1, -0.05) is 48.2 Å². The van der Waals surface area contributed by atoms with Crippen LogP contribution in [0.1, 0.15) is 0 Å². The molecule has 0 atom stereocenters. The lowest BCUT2D eigenvalue weighted by Crippen LogP contribution is -2.08. The number of benzene rings is 4. The molecule has 0 radical (unpaired) electrons. The van der Waals surface area contributed by atoms with E-state index in [0.717, 1.165) is 33.2 Å². The SMILES string of the molecule is N=c1cccc2c1c1c(c3sc4ccccc4nc32)Sc2ccccc2N1. The molecule has 1 aliphatic rings. The third-order valence-electron chi connectivity index (χ3n) is 4.89. The zero-order valence-corrected chi connectivity index (χ0v) is 15.7. The predicted molar refractivity (Wildman–Crippen MR) is 114 cm³/mol. The second-order valence-corrected chi connectivity index (χ2v) is 8.62. The summed E-state index contributed by atoms with van der Waals surface area (Å²) in [7, 11) is 0. The summed E-state index contributed by atoms with van der Waals surface area (Å²) in [6.07, 6.45) is 0. The lowest BCUT2D eigenvalue weighted by Gasteiger charge is -2.24. The smallest absolute Gasteiger partial charge is 0.0902 e. The van der Waals surface area contributed by atoms with Crippen molar-refractivity contribution < 1.29 is 0 Å². The highest BCUT2D eigenvalue weighted by atomic mass is 32.2. The average Bonchev–Trinajstić information content (AvgIpc) is 2.71. The fourth-order valence-electron chi connectivity index (χ4n) is 3.67. The summed E-state index contributed by atoms with van der Waals surface area (Å²) in [5.74, 6) is 0. The molecule has 2 heterocycles. The van der Waals surface area contributed by atoms with E-state index in [9.17, 15) is 0 Å². The molecule has 3 nitrogen and oxygen atoms in total. The minimum absolute atomic E-state index is 0.526. The van der Waals surface area contributed by atoms with Gasteiger partial charge in [0.2, 0.25) is 0 Å². The zero-order chi connectivity index (χ0) is 18.0. The van der Waals surface area contributed by atoms with Crippen LogP contribution in [0.4, 0.5) is 11.4 Å². The second kappa shape index (κ2) is 5.55. The van der Waals surface area contributed by atoms with E-state index in [2.05, 4.69) is 47.8 Å². The van der Waals surface area contributed by atoms with Gasteiger partial charge in [-0.25, -0.2) is 4.98 Å². The molecule has 27 heavy (non-hydrogen) atoms. The van der Waals surface area contributed by atoms with Gasteiger partial charge in [0.25, 0.3) is 0 Å². The Morgan fingerprint density at radius 3 is 2.70 bits per heavy atom. The number of hydrogen-bond acceptors (Lipinski definition) is 5. The monoisotopic (exact) mass is 383 g/mol. The molecule has 6 rings (SSSR count). The summed E-state index contributed by atoms with van der Waals surface area (Å²) in [6, 6.07) is 22.5. The summed E-state index contributed by atoms with van der Waals surface area (Å²) < 4.78 is 2.35. The zero-order valence-electron chi connectivity index (χ0n) is 14.1. The van der Waals surface area contributed by atoms with E-state index >= 15 is 0 Å². The van der Waals surface area contributed by atoms with Gasteiger partial charge >= 0.3 is 0 Å². The number of fused-ring (bicyclic) bond motifs is 8. The topological polar surface area (TPSA) is 48.8 Å². The summed E-state index contributed by atoms with van der Waals surface area (Å²) in [6.45, 7) is 0. The molecule has 0 amide bonds. The van der Waals surface area contributed by atoms with Crippen molar-refractivity contribution in [2.24, 2.45) is 0 Å². The fourth-order valence-corrected chi connectivity index (χ4v) is 5.99. The molecule has 0 aliphatic carbocycles. The average molecular weight is 384 g/mol. The first kappa shape index (κ1) is 15.2. The van der Waals surface area contributed by atoms with Gasteiger partial charge in [0.1, 0.15) is 0 Å². The molecule has 128 valence electrons. The van der Waals surface area contributed by atoms with E-state index in [1.165, 1.54) is 19.2 Å². The normalized spacial score (nSPS) is 12.7. The van der Waals surface area contributed by atoms with E-state index < -0.39 is 0 Å². The highest BCUT2D eigenvalue weighted by Gasteiger charge is 2.23. The summed E-state index contributed by atoms with van der Waals surface area (Å²) in [5, 5.41) is 14.7. The molecule has 0 spiro atoms. The molecule has 1 aromatic heterocycles. The van der Waals surface area contributed by atoms with Crippen LogP contribution >= 0.6 is 23.1 Å². The van der Waals surface area contributed by atoms with Crippen LogP contribution in [0.3, 0.4) is 0 Å². The first-order valence-electron chi connectivity index (χ1n) is 8.66. The van der Waals surface area contributed by atoms with Gasteiger partial charge < -0.3 is 10.7 Å². The molecule has 5 aromatic rings. The lowest BCUT2D eigenvalue weighted by molar-refractivity contribution is 1.29. The molecule has 0 fully saturated rings. The molecule has 5 heteroatoms. The van der Waals surface area contributed by atoms with E-state index in [1.807, 2.05) is 24.3 Å². The Balaban J connectivity index is 1.84. The van der Waals surface area contributed by atoms with Crippen LogP contribution in [0.15, 0.2) is 76.5 Å². The van der Waals surface area contributed by atoms with E-state index in [-0.39, 0.29) is 0 Å². The van der Waals surface area contributed by atoms with Crippen molar-refractivity contribution in [3.05, 3.63) is 72.1 Å². The first-order valence-corrected chi connectivity index (χ1v) is 10.3. The molecule has 0 saturated heterocycles. The Bertz CT molecular complexity index is 1450. The van der Waals surface area contributed by atoms with Crippen LogP contribution in [0.25, 0.3) is 31.2 Å². The third kappa shape index (κ3) is 2.16. The number of para-hydroxylation sites is 2. The van der Waals surface area contributed by atoms with Crippen LogP contribution in [-0.2, 0) is 0 Å². The van der Waals surface area contributed by atoms with Crippen LogP contribution in [0.2, 0.25) is 0 Å². The van der Waals surface area contributed by atoms with Crippen LogP contribution in [0.5, 0.6) is 0 Å². The van der Waals surface area contributed by atoms with E-state index in [1.54, 1.807) is 23.1 Å². The number of nitrogens with one attached hydrogen (secondary N) is 2. The molecule has 4 aromatic carbocycles. The Morgan fingerprint density at radius 2 is 1.74 bits per heavy atom. The standard InChI is InChI=1S/C22H13N3S2/c23-13-7-5-6-12-18(13)20-22(27-17-11-4-2-9-15(17)25-20)21-19(12)24-14-8-1-3-10-16(14)26-21/h1-11,23,25H. The molecule has 2 N–H and O–H groups in total. The van der Waals surface area contributed by atoms with E-state index in [0.29, 0.717) is 5.36 Å². The quantitative estimate of drug-likeness (QED) is 0.239. The highest BCUT2D eigenvalue weighted by Crippen LogP contribution is 2.51. The Hall–Kier alpha value is -2.89. The van der Waals surface area contributed by atoms with Crippen molar-refractivity contribution in [1.82, 2.24) is 4.98 Å². The van der Waals surface area contributed by atoms with Gasteiger partial charge in [0, 0.05) is 15.7 Å². The van der Waals surface area contributed by atoms with Gasteiger partial charge in [-0.3, -0.25) is 0 Å². The van der Waals surface area contributed by atoms with Crippen LogP contribution in [-0.4, -0.2) is 4.98 Å². The third-order valence-corrected chi connectivity index (χ3v) is 7.37. The van der Waals surface area contributed by atoms with Crippen molar-refractivity contribution >= 4 is 65.7 Å². The van der Waals surface area contributed by atoms with Crippen molar-refractivity contribution in [3.63, 3.8) is 0 Å². The Morgan fingerprint density at radius 1 is 0.889 bits per heavy atom. The van der Waals surface area contributed by atoms with E-state index in [4.69, 9.17) is 10.4 Å². The largest absolute Gasteiger partial charge is 0.353 e. The first-order chi connectivity index (χ1) is 13.3. The van der Waals surface area contributed by atoms with Gasteiger partial charge in [-0.05, 0) is 30.3 Å². The number of nitrogens with zero attached hydrogens (tertiary/aromatic N) is 1. The summed E-state index contributed by atoms with van der Waals surface area (Å²) in [4.78, 5) is 7.37. The van der Waals surface area contributed by atoms with Crippen LogP contribution in [0, 0.1) is 5.41 Å². The second-order valence-electron chi connectivity index (χ2n) is 6.51. The van der Waals surface area contributed by atoms with Crippen molar-refractivity contribution in [3.8, 4) is 0 Å². The maximum absolute atomic E-state index is 8.55. The van der Waals surface area contributed by atoms with Gasteiger partial charge in [0.05, 0.1) is 42.1 Å². The van der Waals surface area contributed by atoms with Crippen molar-refractivity contribution in [2.75, 3.05) is 5.32 Å². The maximum atomic E-state index is 8.55. The summed E-state index contributed by atoms with van der Waals surface area (Å²) in [5.41, 5.74) is 4.11. The maximum Gasteiger partial charge on any atom is 0.0902 e. The minimum Gasteiger partial charge on any atom is -0.353 e. The lowest BCUT2D eigenvalue weighted by atomic mass is 10.1. The minimum atomic E-state index is 0.526.